The number of hydrogen-bond donors (Lipinski definition) is 2. The van der Waals surface area contributed by atoms with Crippen LogP contribution < -0.4 is 19.1 Å². The third-order valence-corrected chi connectivity index (χ3v) is 6.73. The molecule has 12 heteroatoms. The minimum Gasteiger partial charge on any atom is -0.493 e. The minimum atomic E-state index is -4.07. The number of piperidine rings is 1. The van der Waals surface area contributed by atoms with Crippen molar-refractivity contribution in [3.63, 3.8) is 0 Å². The summed E-state index contributed by atoms with van der Waals surface area (Å²) < 4.78 is 43.5. The van der Waals surface area contributed by atoms with E-state index < -0.39 is 16.0 Å². The molecule has 34 heavy (non-hydrogen) atoms. The number of benzene rings is 1. The van der Waals surface area contributed by atoms with Gasteiger partial charge in [-0.1, -0.05) is 0 Å². The van der Waals surface area contributed by atoms with Crippen molar-refractivity contribution < 1.29 is 37.3 Å². The van der Waals surface area contributed by atoms with E-state index in [-0.39, 0.29) is 52.8 Å². The Labute approximate surface area is 197 Å². The van der Waals surface area contributed by atoms with E-state index in [2.05, 4.69) is 9.71 Å². The summed E-state index contributed by atoms with van der Waals surface area (Å²) in [6.45, 7) is 2.77. The van der Waals surface area contributed by atoms with E-state index >= 15 is 0 Å². The van der Waals surface area contributed by atoms with Gasteiger partial charge in [-0.25, -0.2) is 18.2 Å². The molecule has 2 N–H and O–H groups in total. The summed E-state index contributed by atoms with van der Waals surface area (Å²) in [5.41, 5.74) is -0.202. The van der Waals surface area contributed by atoms with Gasteiger partial charge in [0, 0.05) is 19.2 Å². The second kappa shape index (κ2) is 10.6. The van der Waals surface area contributed by atoms with Crippen molar-refractivity contribution in [1.82, 2.24) is 4.98 Å². The maximum Gasteiger partial charge on any atom is 0.339 e. The number of carbonyl (C=O) groups is 2. The van der Waals surface area contributed by atoms with Gasteiger partial charge in [-0.2, -0.15) is 0 Å². The number of aromatic carboxylic acids is 1. The van der Waals surface area contributed by atoms with Crippen LogP contribution in [0.2, 0.25) is 0 Å². The number of sulfonamides is 1. The minimum absolute atomic E-state index is 0.0186. The van der Waals surface area contributed by atoms with Crippen molar-refractivity contribution in [3.05, 3.63) is 36.0 Å². The fourth-order valence-electron chi connectivity index (χ4n) is 3.74. The maximum atomic E-state index is 12.9. The first-order valence-corrected chi connectivity index (χ1v) is 12.1. The molecule has 184 valence electrons. The SMILES string of the molecule is CCOC(=O)C1CCCN(c2ncc(NS(=O)(=O)c3ccc(OC)c(OC)c3)cc2C(=O)O)C1. The van der Waals surface area contributed by atoms with Crippen LogP contribution in [0.4, 0.5) is 11.5 Å². The third kappa shape index (κ3) is 5.50. The van der Waals surface area contributed by atoms with Crippen molar-refractivity contribution in [2.45, 2.75) is 24.7 Å². The first-order chi connectivity index (χ1) is 16.2. The van der Waals surface area contributed by atoms with Crippen molar-refractivity contribution in [2.24, 2.45) is 5.92 Å². The Kier molecular flexibility index (Phi) is 7.82. The number of carboxylic acids is 1. The zero-order chi connectivity index (χ0) is 24.9. The summed E-state index contributed by atoms with van der Waals surface area (Å²) in [4.78, 5) is 29.9. The number of carbonyl (C=O) groups excluding carboxylic acids is 1. The molecule has 0 aliphatic carbocycles. The average molecular weight is 494 g/mol. The summed E-state index contributed by atoms with van der Waals surface area (Å²) in [7, 11) is -1.25. The van der Waals surface area contributed by atoms with Gasteiger partial charge in [0.05, 0.1) is 43.5 Å². The van der Waals surface area contributed by atoms with E-state index in [0.717, 1.165) is 0 Å². The monoisotopic (exact) mass is 493 g/mol. The lowest BCUT2D eigenvalue weighted by Gasteiger charge is -2.33. The number of nitrogens with one attached hydrogen (secondary N) is 1. The second-order valence-corrected chi connectivity index (χ2v) is 9.24. The summed E-state index contributed by atoms with van der Waals surface area (Å²) in [6.07, 6.45) is 2.55. The van der Waals surface area contributed by atoms with Crippen molar-refractivity contribution in [1.29, 1.82) is 0 Å². The molecule has 0 spiro atoms. The van der Waals surface area contributed by atoms with Crippen LogP contribution in [-0.4, -0.2) is 64.4 Å². The van der Waals surface area contributed by atoms with Crippen LogP contribution >= 0.6 is 0 Å². The number of esters is 1. The van der Waals surface area contributed by atoms with E-state index in [1.54, 1.807) is 11.8 Å². The molecule has 1 aliphatic rings. The van der Waals surface area contributed by atoms with E-state index in [4.69, 9.17) is 14.2 Å². The van der Waals surface area contributed by atoms with Gasteiger partial charge in [-0.05, 0) is 38.0 Å². The molecule has 0 amide bonds. The molecule has 11 nitrogen and oxygen atoms in total. The van der Waals surface area contributed by atoms with Gasteiger partial charge in [-0.15, -0.1) is 0 Å². The molecule has 2 aromatic rings. The van der Waals surface area contributed by atoms with E-state index in [9.17, 15) is 23.1 Å². The Morgan fingerprint density at radius 1 is 1.21 bits per heavy atom. The smallest absolute Gasteiger partial charge is 0.339 e. The van der Waals surface area contributed by atoms with Crippen LogP contribution in [-0.2, 0) is 19.6 Å². The molecule has 1 saturated heterocycles. The van der Waals surface area contributed by atoms with Gasteiger partial charge in [0.1, 0.15) is 11.4 Å². The predicted molar refractivity (Wildman–Crippen MR) is 123 cm³/mol. The summed E-state index contributed by atoms with van der Waals surface area (Å²) >= 11 is 0. The highest BCUT2D eigenvalue weighted by atomic mass is 32.2. The summed E-state index contributed by atoms with van der Waals surface area (Å²) in [6, 6.07) is 5.29. The molecule has 1 unspecified atom stereocenters. The second-order valence-electron chi connectivity index (χ2n) is 7.56. The van der Waals surface area contributed by atoms with Gasteiger partial charge in [0.15, 0.2) is 11.5 Å². The van der Waals surface area contributed by atoms with Crippen molar-refractivity contribution >= 4 is 33.5 Å². The number of aromatic nitrogens is 1. The number of anilines is 2. The number of methoxy groups -OCH3 is 2. The van der Waals surface area contributed by atoms with Gasteiger partial charge >= 0.3 is 11.9 Å². The zero-order valence-electron chi connectivity index (χ0n) is 19.1. The molecule has 2 heterocycles. The Balaban J connectivity index is 1.87. The zero-order valence-corrected chi connectivity index (χ0v) is 19.9. The fourth-order valence-corrected chi connectivity index (χ4v) is 4.79. The Bertz CT molecular complexity index is 1170. The molecular formula is C22H27N3O8S. The van der Waals surface area contributed by atoms with Crippen LogP contribution in [0.25, 0.3) is 0 Å². The van der Waals surface area contributed by atoms with Crippen molar-refractivity contribution in [3.8, 4) is 11.5 Å². The van der Waals surface area contributed by atoms with Crippen LogP contribution in [0.3, 0.4) is 0 Å². The molecule has 0 saturated carbocycles. The maximum absolute atomic E-state index is 12.9. The quantitative estimate of drug-likeness (QED) is 0.500. The fraction of sp³-hybridized carbons (Fsp3) is 0.409. The Hall–Kier alpha value is -3.54. The summed E-state index contributed by atoms with van der Waals surface area (Å²) in [5, 5.41) is 9.76. The van der Waals surface area contributed by atoms with Crippen LogP contribution in [0, 0.1) is 5.92 Å². The van der Waals surface area contributed by atoms with Gasteiger partial charge in [-0.3, -0.25) is 9.52 Å². The molecule has 1 aliphatic heterocycles. The van der Waals surface area contributed by atoms with Crippen LogP contribution in [0.15, 0.2) is 35.4 Å². The molecule has 0 bridgehead atoms. The highest BCUT2D eigenvalue weighted by Gasteiger charge is 2.30. The standard InChI is InChI=1S/C22H27N3O8S/c1-4-33-22(28)14-6-5-9-25(13-14)20-17(21(26)27)10-15(12-23-20)24-34(29,30)16-7-8-18(31-2)19(11-16)32-3/h7-8,10-12,14,24H,4-6,9,13H2,1-3H3,(H,26,27). The third-order valence-electron chi connectivity index (χ3n) is 5.36. The molecule has 1 aromatic carbocycles. The molecule has 1 fully saturated rings. The Morgan fingerprint density at radius 2 is 1.94 bits per heavy atom. The lowest BCUT2D eigenvalue weighted by atomic mass is 9.98. The number of nitrogens with zero attached hydrogens (tertiary/aromatic N) is 2. The number of hydrogen-bond acceptors (Lipinski definition) is 9. The summed E-state index contributed by atoms with van der Waals surface area (Å²) in [5.74, 6) is -1.23. The van der Waals surface area contributed by atoms with Crippen molar-refractivity contribution in [2.75, 3.05) is 43.5 Å². The first kappa shape index (κ1) is 25.1. The highest BCUT2D eigenvalue weighted by molar-refractivity contribution is 7.92. The highest BCUT2D eigenvalue weighted by Crippen LogP contribution is 2.31. The largest absolute Gasteiger partial charge is 0.493 e. The lowest BCUT2D eigenvalue weighted by molar-refractivity contribution is -0.148. The van der Waals surface area contributed by atoms with E-state index in [0.29, 0.717) is 25.1 Å². The number of ether oxygens (including phenoxy) is 3. The number of carboxylic acid groups (broad SMARTS) is 1. The number of rotatable bonds is 9. The van der Waals surface area contributed by atoms with Crippen LogP contribution in [0.5, 0.6) is 11.5 Å². The van der Waals surface area contributed by atoms with Gasteiger partial charge < -0.3 is 24.2 Å². The van der Waals surface area contributed by atoms with E-state index in [1.165, 1.54) is 44.7 Å². The first-order valence-electron chi connectivity index (χ1n) is 10.6. The predicted octanol–water partition coefficient (Wildman–Crippen LogP) is 2.38. The molecule has 1 aromatic heterocycles. The Morgan fingerprint density at radius 3 is 2.59 bits per heavy atom. The lowest BCUT2D eigenvalue weighted by Crippen LogP contribution is -2.40. The van der Waals surface area contributed by atoms with E-state index in [1.807, 2.05) is 0 Å². The average Bonchev–Trinajstić information content (AvgIpc) is 2.83. The van der Waals surface area contributed by atoms with Crippen LogP contribution in [0.1, 0.15) is 30.1 Å². The molecule has 0 radical (unpaired) electrons. The van der Waals surface area contributed by atoms with Gasteiger partial charge in [0.25, 0.3) is 10.0 Å². The molecule has 1 atom stereocenters. The molecule has 3 rings (SSSR count). The van der Waals surface area contributed by atoms with Gasteiger partial charge in [0.2, 0.25) is 0 Å². The molecular weight excluding hydrogens is 466 g/mol. The topological polar surface area (TPSA) is 144 Å². The normalized spacial score (nSPS) is 16.0. The number of pyridine rings is 1.